The lowest BCUT2D eigenvalue weighted by molar-refractivity contribution is -0.234. The van der Waals surface area contributed by atoms with Gasteiger partial charge >= 0.3 is 0 Å². The highest BCUT2D eigenvalue weighted by molar-refractivity contribution is 5.22. The average Bonchev–Trinajstić information content (AvgIpc) is 2.89. The molecule has 1 saturated heterocycles. The highest BCUT2D eigenvalue weighted by Gasteiger charge is 2.49. The molecule has 0 aromatic heterocycles. The summed E-state index contributed by atoms with van der Waals surface area (Å²) in [6.07, 6.45) is 4.85. The molecule has 108 valence electrons. The molecule has 1 aliphatic heterocycles. The molecule has 0 radical (unpaired) electrons. The summed E-state index contributed by atoms with van der Waals surface area (Å²) in [6.45, 7) is 0.863. The topological polar surface area (TPSA) is 12.5 Å². The Labute approximate surface area is 126 Å². The van der Waals surface area contributed by atoms with Crippen LogP contribution in [0.25, 0.3) is 0 Å². The van der Waals surface area contributed by atoms with E-state index in [2.05, 4.69) is 65.7 Å². The van der Waals surface area contributed by atoms with Crippen LogP contribution in [0.3, 0.4) is 0 Å². The minimum atomic E-state index is 0.120. The van der Waals surface area contributed by atoms with Gasteiger partial charge in [0.1, 0.15) is 0 Å². The largest absolute Gasteiger partial charge is 0.291 e. The molecule has 1 atom stereocenters. The van der Waals surface area contributed by atoms with E-state index >= 15 is 0 Å². The van der Waals surface area contributed by atoms with Crippen LogP contribution in [0.1, 0.15) is 42.9 Å². The molecule has 2 fully saturated rings. The van der Waals surface area contributed by atoms with Crippen LogP contribution in [0.2, 0.25) is 0 Å². The second-order valence-corrected chi connectivity index (χ2v) is 6.32. The second kappa shape index (κ2) is 5.28. The van der Waals surface area contributed by atoms with Gasteiger partial charge in [0.05, 0.1) is 11.6 Å². The maximum Gasteiger partial charge on any atom is 0.0919 e. The van der Waals surface area contributed by atoms with Crippen molar-refractivity contribution in [3.8, 4) is 0 Å². The quantitative estimate of drug-likeness (QED) is 0.821. The Kier molecular flexibility index (Phi) is 3.28. The molecule has 4 rings (SSSR count). The van der Waals surface area contributed by atoms with E-state index in [-0.39, 0.29) is 5.60 Å². The highest BCUT2D eigenvalue weighted by atomic mass is 16.7. The Bertz CT molecular complexity index is 591. The number of nitrogens with zero attached hydrogens (tertiary/aromatic N) is 1. The lowest BCUT2D eigenvalue weighted by Crippen LogP contribution is -2.37. The van der Waals surface area contributed by atoms with E-state index in [0.717, 1.165) is 13.0 Å². The maximum atomic E-state index is 6.39. The van der Waals surface area contributed by atoms with Gasteiger partial charge in [0.2, 0.25) is 0 Å². The first-order valence-electron chi connectivity index (χ1n) is 7.89. The summed E-state index contributed by atoms with van der Waals surface area (Å²) in [6, 6.07) is 21.8. The zero-order chi connectivity index (χ0) is 14.1. The van der Waals surface area contributed by atoms with Gasteiger partial charge in [0.15, 0.2) is 0 Å². The molecule has 0 bridgehead atoms. The average molecular weight is 279 g/mol. The van der Waals surface area contributed by atoms with Gasteiger partial charge in [-0.3, -0.25) is 4.84 Å². The normalized spacial score (nSPS) is 24.1. The molecule has 2 nitrogen and oxygen atoms in total. The lowest BCUT2D eigenvalue weighted by atomic mass is 9.76. The van der Waals surface area contributed by atoms with E-state index in [0.29, 0.717) is 6.04 Å². The SMILES string of the molecule is c1ccc(CN2OC3(CCC3)CC2c2ccccc2)cc1. The zero-order valence-corrected chi connectivity index (χ0v) is 12.2. The number of hydrogen-bond acceptors (Lipinski definition) is 2. The molecular formula is C19H21NO. The Morgan fingerprint density at radius 1 is 0.952 bits per heavy atom. The minimum absolute atomic E-state index is 0.120. The van der Waals surface area contributed by atoms with Gasteiger partial charge in [-0.15, -0.1) is 0 Å². The van der Waals surface area contributed by atoms with Gasteiger partial charge in [-0.2, -0.15) is 5.06 Å². The molecule has 0 N–H and O–H groups in total. The van der Waals surface area contributed by atoms with Crippen molar-refractivity contribution in [2.45, 2.75) is 43.9 Å². The molecule has 1 saturated carbocycles. The smallest absolute Gasteiger partial charge is 0.0919 e. The Balaban J connectivity index is 1.60. The van der Waals surface area contributed by atoms with Crippen molar-refractivity contribution in [1.29, 1.82) is 0 Å². The highest BCUT2D eigenvalue weighted by Crippen LogP contribution is 2.50. The summed E-state index contributed by atoms with van der Waals surface area (Å²) in [4.78, 5) is 6.39. The summed E-state index contributed by atoms with van der Waals surface area (Å²) < 4.78 is 0. The molecule has 1 heterocycles. The van der Waals surface area contributed by atoms with Crippen molar-refractivity contribution in [2.75, 3.05) is 0 Å². The van der Waals surface area contributed by atoms with Crippen molar-refractivity contribution < 1.29 is 4.84 Å². The number of hydroxylamine groups is 2. The van der Waals surface area contributed by atoms with Crippen LogP contribution in [0.15, 0.2) is 60.7 Å². The Morgan fingerprint density at radius 2 is 1.62 bits per heavy atom. The first-order chi connectivity index (χ1) is 10.3. The molecule has 2 aromatic carbocycles. The zero-order valence-electron chi connectivity index (χ0n) is 12.2. The number of benzene rings is 2. The first kappa shape index (κ1) is 13.1. The predicted molar refractivity (Wildman–Crippen MR) is 83.5 cm³/mol. The number of hydrogen-bond donors (Lipinski definition) is 0. The van der Waals surface area contributed by atoms with Crippen LogP contribution in [0, 0.1) is 0 Å². The van der Waals surface area contributed by atoms with Crippen molar-refractivity contribution >= 4 is 0 Å². The van der Waals surface area contributed by atoms with Gasteiger partial charge in [-0.05, 0) is 30.4 Å². The van der Waals surface area contributed by atoms with Gasteiger partial charge in [-0.1, -0.05) is 60.7 Å². The summed E-state index contributed by atoms with van der Waals surface area (Å²) in [5.74, 6) is 0. The van der Waals surface area contributed by atoms with E-state index in [1.54, 1.807) is 0 Å². The fraction of sp³-hybridized carbons (Fsp3) is 0.368. The Morgan fingerprint density at radius 3 is 2.24 bits per heavy atom. The summed E-state index contributed by atoms with van der Waals surface area (Å²) in [5, 5.41) is 2.21. The van der Waals surface area contributed by atoms with Crippen molar-refractivity contribution in [3.05, 3.63) is 71.8 Å². The lowest BCUT2D eigenvalue weighted by Gasteiger charge is -2.36. The molecule has 2 heteroatoms. The van der Waals surface area contributed by atoms with E-state index in [1.807, 2.05) is 0 Å². The summed E-state index contributed by atoms with van der Waals surface area (Å²) >= 11 is 0. The van der Waals surface area contributed by atoms with E-state index in [1.165, 1.54) is 30.4 Å². The Hall–Kier alpha value is -1.64. The third-order valence-electron chi connectivity index (χ3n) is 4.85. The van der Waals surface area contributed by atoms with Crippen LogP contribution in [-0.2, 0) is 11.4 Å². The standard InChI is InChI=1S/C19H21NO/c1-3-8-16(9-4-1)15-20-18(17-10-5-2-6-11-17)14-19(21-20)12-7-13-19/h1-6,8-11,18H,7,12-15H2. The molecular weight excluding hydrogens is 258 g/mol. The summed E-state index contributed by atoms with van der Waals surface area (Å²) in [5.41, 5.74) is 2.81. The fourth-order valence-electron chi connectivity index (χ4n) is 3.54. The third-order valence-corrected chi connectivity index (χ3v) is 4.85. The van der Waals surface area contributed by atoms with E-state index < -0.39 is 0 Å². The fourth-order valence-corrected chi connectivity index (χ4v) is 3.54. The van der Waals surface area contributed by atoms with Crippen molar-refractivity contribution in [3.63, 3.8) is 0 Å². The maximum absolute atomic E-state index is 6.39. The molecule has 1 unspecified atom stereocenters. The second-order valence-electron chi connectivity index (χ2n) is 6.32. The van der Waals surface area contributed by atoms with Crippen LogP contribution in [-0.4, -0.2) is 10.7 Å². The molecule has 2 aromatic rings. The van der Waals surface area contributed by atoms with Crippen LogP contribution >= 0.6 is 0 Å². The van der Waals surface area contributed by atoms with Crippen LogP contribution in [0.5, 0.6) is 0 Å². The third kappa shape index (κ3) is 2.50. The molecule has 1 spiro atoms. The van der Waals surface area contributed by atoms with E-state index in [9.17, 15) is 0 Å². The van der Waals surface area contributed by atoms with Gasteiger partial charge in [0, 0.05) is 13.0 Å². The number of rotatable bonds is 3. The van der Waals surface area contributed by atoms with Gasteiger partial charge in [0.25, 0.3) is 0 Å². The van der Waals surface area contributed by atoms with Crippen molar-refractivity contribution in [2.24, 2.45) is 0 Å². The molecule has 1 aliphatic carbocycles. The van der Waals surface area contributed by atoms with Gasteiger partial charge < -0.3 is 0 Å². The molecule has 0 amide bonds. The van der Waals surface area contributed by atoms with Crippen LogP contribution in [0.4, 0.5) is 0 Å². The van der Waals surface area contributed by atoms with E-state index in [4.69, 9.17) is 4.84 Å². The van der Waals surface area contributed by atoms with Crippen molar-refractivity contribution in [1.82, 2.24) is 5.06 Å². The van der Waals surface area contributed by atoms with Gasteiger partial charge in [-0.25, -0.2) is 0 Å². The first-order valence-corrected chi connectivity index (χ1v) is 7.89. The van der Waals surface area contributed by atoms with Crippen LogP contribution < -0.4 is 0 Å². The monoisotopic (exact) mass is 279 g/mol. The summed E-state index contributed by atoms with van der Waals surface area (Å²) in [7, 11) is 0. The molecule has 2 aliphatic rings. The molecule has 21 heavy (non-hydrogen) atoms. The predicted octanol–water partition coefficient (Wildman–Crippen LogP) is 4.49. The minimum Gasteiger partial charge on any atom is -0.291 e.